The minimum absolute atomic E-state index is 0.0179. The van der Waals surface area contributed by atoms with Crippen LogP contribution in [-0.2, 0) is 19.5 Å². The van der Waals surface area contributed by atoms with E-state index in [9.17, 15) is 4.79 Å². The summed E-state index contributed by atoms with van der Waals surface area (Å²) in [6, 6.07) is 7.89. The maximum Gasteiger partial charge on any atom is 0.272 e. The first kappa shape index (κ1) is 17.1. The van der Waals surface area contributed by atoms with Crippen molar-refractivity contribution in [2.45, 2.75) is 46.2 Å². The molecule has 0 atom stereocenters. The van der Waals surface area contributed by atoms with Gasteiger partial charge >= 0.3 is 0 Å². The molecule has 0 fully saturated rings. The van der Waals surface area contributed by atoms with Gasteiger partial charge in [0.25, 0.3) is 5.56 Å². The summed E-state index contributed by atoms with van der Waals surface area (Å²) in [5.41, 5.74) is 2.76. The Morgan fingerprint density at radius 2 is 2.09 bits per heavy atom. The number of ether oxygens (including phenoxy) is 1. The van der Waals surface area contributed by atoms with Crippen molar-refractivity contribution in [3.05, 3.63) is 51.9 Å². The molecular formula is C18H25N3O2. The molecule has 0 bridgehead atoms. The second-order valence-electron chi connectivity index (χ2n) is 5.52. The molecule has 0 aliphatic heterocycles. The topological polar surface area (TPSA) is 56.1 Å². The molecule has 0 aliphatic rings. The highest BCUT2D eigenvalue weighted by atomic mass is 16.5. The van der Waals surface area contributed by atoms with Gasteiger partial charge in [-0.2, -0.15) is 5.10 Å². The standard InChI is InChI=1S/C18H25N3O2/c1-4-7-16-17(13-20-21(10-5-2)18(16)22)19-12-14-8-6-9-15(11-14)23-3/h6,8-9,11,13,19H,4-5,7,10,12H2,1-3H3. The third-order valence-electron chi connectivity index (χ3n) is 3.70. The Morgan fingerprint density at radius 1 is 1.26 bits per heavy atom. The summed E-state index contributed by atoms with van der Waals surface area (Å²) < 4.78 is 6.79. The maximum atomic E-state index is 12.5. The molecular weight excluding hydrogens is 290 g/mol. The molecule has 2 rings (SSSR count). The van der Waals surface area contributed by atoms with Crippen molar-refractivity contribution in [1.29, 1.82) is 0 Å². The Kier molecular flexibility index (Phi) is 6.20. The van der Waals surface area contributed by atoms with E-state index in [0.29, 0.717) is 13.1 Å². The zero-order valence-electron chi connectivity index (χ0n) is 14.1. The molecule has 0 amide bonds. The van der Waals surface area contributed by atoms with Crippen molar-refractivity contribution in [3.8, 4) is 5.75 Å². The van der Waals surface area contributed by atoms with E-state index < -0.39 is 0 Å². The molecule has 0 saturated carbocycles. The minimum Gasteiger partial charge on any atom is -0.497 e. The number of rotatable bonds is 8. The molecule has 1 heterocycles. The van der Waals surface area contributed by atoms with Crippen molar-refractivity contribution in [2.24, 2.45) is 0 Å². The fraction of sp³-hybridized carbons (Fsp3) is 0.444. The monoisotopic (exact) mass is 315 g/mol. The fourth-order valence-electron chi connectivity index (χ4n) is 2.52. The molecule has 2 aromatic rings. The SMILES string of the molecule is CCCc1c(NCc2cccc(OC)c2)cnn(CCC)c1=O. The van der Waals surface area contributed by atoms with Gasteiger partial charge in [0.2, 0.25) is 0 Å². The average molecular weight is 315 g/mol. The highest BCUT2D eigenvalue weighted by Gasteiger charge is 2.10. The van der Waals surface area contributed by atoms with E-state index in [1.807, 2.05) is 31.2 Å². The zero-order valence-corrected chi connectivity index (χ0v) is 14.1. The molecule has 0 unspecified atom stereocenters. The van der Waals surface area contributed by atoms with Crippen molar-refractivity contribution in [3.63, 3.8) is 0 Å². The Hall–Kier alpha value is -2.30. The van der Waals surface area contributed by atoms with Gasteiger partial charge in [-0.05, 0) is 30.5 Å². The lowest BCUT2D eigenvalue weighted by molar-refractivity contribution is 0.414. The number of hydrogen-bond acceptors (Lipinski definition) is 4. The third kappa shape index (κ3) is 4.34. The molecule has 23 heavy (non-hydrogen) atoms. The molecule has 1 aromatic heterocycles. The molecule has 5 nitrogen and oxygen atoms in total. The second kappa shape index (κ2) is 8.36. The van der Waals surface area contributed by atoms with Gasteiger partial charge in [0.15, 0.2) is 0 Å². The lowest BCUT2D eigenvalue weighted by atomic mass is 10.1. The Labute approximate surface area is 137 Å². The maximum absolute atomic E-state index is 12.5. The molecule has 1 aromatic carbocycles. The van der Waals surface area contributed by atoms with Crippen LogP contribution in [0.5, 0.6) is 5.75 Å². The zero-order chi connectivity index (χ0) is 16.7. The van der Waals surface area contributed by atoms with Crippen molar-refractivity contribution in [2.75, 3.05) is 12.4 Å². The van der Waals surface area contributed by atoms with Gasteiger partial charge in [0.05, 0.1) is 19.0 Å². The molecule has 124 valence electrons. The normalized spacial score (nSPS) is 10.6. The number of methoxy groups -OCH3 is 1. The summed E-state index contributed by atoms with van der Waals surface area (Å²) in [5.74, 6) is 0.828. The van der Waals surface area contributed by atoms with Gasteiger partial charge in [0.1, 0.15) is 5.75 Å². The predicted molar refractivity (Wildman–Crippen MR) is 93.1 cm³/mol. The number of nitrogens with zero attached hydrogens (tertiary/aromatic N) is 2. The molecule has 0 aliphatic carbocycles. The van der Waals surface area contributed by atoms with E-state index in [2.05, 4.69) is 17.3 Å². The smallest absolute Gasteiger partial charge is 0.272 e. The number of aryl methyl sites for hydroxylation is 1. The van der Waals surface area contributed by atoms with Crippen LogP contribution in [0.25, 0.3) is 0 Å². The Bertz CT molecular complexity index is 695. The van der Waals surface area contributed by atoms with Crippen LogP contribution >= 0.6 is 0 Å². The highest BCUT2D eigenvalue weighted by Crippen LogP contribution is 2.16. The van der Waals surface area contributed by atoms with Crippen molar-refractivity contribution in [1.82, 2.24) is 9.78 Å². The summed E-state index contributed by atoms with van der Waals surface area (Å²) in [6.07, 6.45) is 4.35. The van der Waals surface area contributed by atoms with Crippen LogP contribution in [0, 0.1) is 0 Å². The molecule has 0 radical (unpaired) electrons. The quantitative estimate of drug-likeness (QED) is 0.812. The van der Waals surface area contributed by atoms with Crippen LogP contribution in [0.2, 0.25) is 0 Å². The first-order valence-corrected chi connectivity index (χ1v) is 8.15. The second-order valence-corrected chi connectivity index (χ2v) is 5.52. The van der Waals surface area contributed by atoms with Gasteiger partial charge in [-0.25, -0.2) is 4.68 Å². The number of hydrogen-bond donors (Lipinski definition) is 1. The van der Waals surface area contributed by atoms with Crippen LogP contribution in [-0.4, -0.2) is 16.9 Å². The molecule has 5 heteroatoms. The number of nitrogens with one attached hydrogen (secondary N) is 1. The number of aromatic nitrogens is 2. The van der Waals surface area contributed by atoms with Crippen LogP contribution in [0.1, 0.15) is 37.8 Å². The van der Waals surface area contributed by atoms with Gasteiger partial charge in [-0.1, -0.05) is 32.4 Å². The molecule has 0 saturated heterocycles. The minimum atomic E-state index is 0.0179. The van der Waals surface area contributed by atoms with Gasteiger partial charge < -0.3 is 10.1 Å². The summed E-state index contributed by atoms with van der Waals surface area (Å²) in [6.45, 7) is 5.41. The van der Waals surface area contributed by atoms with Crippen LogP contribution in [0.4, 0.5) is 5.69 Å². The summed E-state index contributed by atoms with van der Waals surface area (Å²) in [5, 5.41) is 7.62. The van der Waals surface area contributed by atoms with E-state index in [1.165, 1.54) is 0 Å². The largest absolute Gasteiger partial charge is 0.497 e. The number of anilines is 1. The number of benzene rings is 1. The van der Waals surface area contributed by atoms with Crippen LogP contribution in [0.3, 0.4) is 0 Å². The van der Waals surface area contributed by atoms with E-state index in [1.54, 1.807) is 18.0 Å². The fourth-order valence-corrected chi connectivity index (χ4v) is 2.52. The lowest BCUT2D eigenvalue weighted by Gasteiger charge is -2.13. The van der Waals surface area contributed by atoms with Crippen molar-refractivity contribution < 1.29 is 4.74 Å². The van der Waals surface area contributed by atoms with E-state index >= 15 is 0 Å². The third-order valence-corrected chi connectivity index (χ3v) is 3.70. The van der Waals surface area contributed by atoms with E-state index in [4.69, 9.17) is 4.74 Å². The molecule has 0 spiro atoms. The van der Waals surface area contributed by atoms with E-state index in [0.717, 1.165) is 41.8 Å². The molecule has 1 N–H and O–H groups in total. The highest BCUT2D eigenvalue weighted by molar-refractivity contribution is 5.48. The predicted octanol–water partition coefficient (Wildman–Crippen LogP) is 3.23. The summed E-state index contributed by atoms with van der Waals surface area (Å²) >= 11 is 0. The van der Waals surface area contributed by atoms with Gasteiger partial charge in [-0.15, -0.1) is 0 Å². The first-order valence-electron chi connectivity index (χ1n) is 8.15. The first-order chi connectivity index (χ1) is 11.2. The summed E-state index contributed by atoms with van der Waals surface area (Å²) in [7, 11) is 1.66. The Morgan fingerprint density at radius 3 is 2.78 bits per heavy atom. The lowest BCUT2D eigenvalue weighted by Crippen LogP contribution is -2.27. The summed E-state index contributed by atoms with van der Waals surface area (Å²) in [4.78, 5) is 12.5. The Balaban J connectivity index is 2.21. The average Bonchev–Trinajstić information content (AvgIpc) is 2.58. The van der Waals surface area contributed by atoms with Gasteiger partial charge in [0, 0.05) is 18.7 Å². The van der Waals surface area contributed by atoms with Crippen molar-refractivity contribution >= 4 is 5.69 Å². The van der Waals surface area contributed by atoms with E-state index in [-0.39, 0.29) is 5.56 Å². The van der Waals surface area contributed by atoms with Gasteiger partial charge in [-0.3, -0.25) is 4.79 Å². The van der Waals surface area contributed by atoms with Crippen LogP contribution < -0.4 is 15.6 Å². The van der Waals surface area contributed by atoms with Crippen LogP contribution in [0.15, 0.2) is 35.3 Å².